The van der Waals surface area contributed by atoms with Gasteiger partial charge in [-0.3, -0.25) is 0 Å². The van der Waals surface area contributed by atoms with Crippen molar-refractivity contribution in [2.24, 2.45) is 5.41 Å². The maximum atomic E-state index is 9.91. The van der Waals surface area contributed by atoms with Gasteiger partial charge in [0.25, 0.3) is 0 Å². The highest BCUT2D eigenvalue weighted by Crippen LogP contribution is 2.20. The first-order valence-electron chi connectivity index (χ1n) is 6.80. The molecule has 1 unspecified atom stereocenters. The number of rotatable bonds is 8. The molecule has 2 N–H and O–H groups in total. The standard InChI is InChI=1S/C14H31NO/c1-6-8-12(9-7-2)15-11-13(16)10-14(3,4)5/h12-13,15-16H,6-11H2,1-5H3. The van der Waals surface area contributed by atoms with Gasteiger partial charge < -0.3 is 10.4 Å². The van der Waals surface area contributed by atoms with Crippen LogP contribution in [0.15, 0.2) is 0 Å². The van der Waals surface area contributed by atoms with Crippen LogP contribution in [0.2, 0.25) is 0 Å². The van der Waals surface area contributed by atoms with Crippen LogP contribution in [0.4, 0.5) is 0 Å². The maximum Gasteiger partial charge on any atom is 0.0669 e. The summed E-state index contributed by atoms with van der Waals surface area (Å²) in [5, 5.41) is 13.4. The van der Waals surface area contributed by atoms with Crippen molar-refractivity contribution in [2.45, 2.75) is 78.9 Å². The highest BCUT2D eigenvalue weighted by Gasteiger charge is 2.17. The van der Waals surface area contributed by atoms with E-state index in [1.54, 1.807) is 0 Å². The second-order valence-corrected chi connectivity index (χ2v) is 6.10. The van der Waals surface area contributed by atoms with E-state index in [1.807, 2.05) is 0 Å². The Morgan fingerprint density at radius 1 is 1.06 bits per heavy atom. The van der Waals surface area contributed by atoms with Gasteiger partial charge in [0, 0.05) is 12.6 Å². The average molecular weight is 229 g/mol. The molecule has 2 heteroatoms. The summed E-state index contributed by atoms with van der Waals surface area (Å²) in [5.41, 5.74) is 0.214. The summed E-state index contributed by atoms with van der Waals surface area (Å²) < 4.78 is 0. The zero-order chi connectivity index (χ0) is 12.6. The SMILES string of the molecule is CCCC(CCC)NCC(O)CC(C)(C)C. The van der Waals surface area contributed by atoms with Gasteiger partial charge in [0.1, 0.15) is 0 Å². The number of hydrogen-bond donors (Lipinski definition) is 2. The second kappa shape index (κ2) is 8.08. The van der Waals surface area contributed by atoms with Crippen molar-refractivity contribution in [3.05, 3.63) is 0 Å². The third-order valence-electron chi connectivity index (χ3n) is 2.76. The van der Waals surface area contributed by atoms with Crippen molar-refractivity contribution in [2.75, 3.05) is 6.54 Å². The molecular formula is C14H31NO. The maximum absolute atomic E-state index is 9.91. The summed E-state index contributed by atoms with van der Waals surface area (Å²) in [4.78, 5) is 0. The van der Waals surface area contributed by atoms with Gasteiger partial charge in [-0.15, -0.1) is 0 Å². The average Bonchev–Trinajstić information content (AvgIpc) is 2.12. The minimum atomic E-state index is -0.212. The van der Waals surface area contributed by atoms with Crippen molar-refractivity contribution >= 4 is 0 Å². The topological polar surface area (TPSA) is 32.3 Å². The molecule has 98 valence electrons. The zero-order valence-electron chi connectivity index (χ0n) is 11.8. The monoisotopic (exact) mass is 229 g/mol. The Hall–Kier alpha value is -0.0800. The molecule has 0 heterocycles. The van der Waals surface area contributed by atoms with E-state index in [0.717, 1.165) is 13.0 Å². The van der Waals surface area contributed by atoms with E-state index >= 15 is 0 Å². The van der Waals surface area contributed by atoms with Crippen molar-refractivity contribution in [3.63, 3.8) is 0 Å². The molecule has 0 spiro atoms. The molecule has 0 saturated carbocycles. The molecule has 0 aromatic carbocycles. The molecule has 0 amide bonds. The summed E-state index contributed by atoms with van der Waals surface area (Å²) >= 11 is 0. The third kappa shape index (κ3) is 9.17. The minimum absolute atomic E-state index is 0.212. The fraction of sp³-hybridized carbons (Fsp3) is 1.00. The lowest BCUT2D eigenvalue weighted by Gasteiger charge is -2.25. The summed E-state index contributed by atoms with van der Waals surface area (Å²) in [7, 11) is 0. The smallest absolute Gasteiger partial charge is 0.0669 e. The number of aliphatic hydroxyl groups is 1. The second-order valence-electron chi connectivity index (χ2n) is 6.10. The summed E-state index contributed by atoms with van der Waals surface area (Å²) in [6.45, 7) is 11.7. The van der Waals surface area contributed by atoms with Crippen LogP contribution < -0.4 is 5.32 Å². The van der Waals surface area contributed by atoms with Crippen molar-refractivity contribution in [3.8, 4) is 0 Å². The quantitative estimate of drug-likeness (QED) is 0.669. The lowest BCUT2D eigenvalue weighted by Crippen LogP contribution is -2.37. The highest BCUT2D eigenvalue weighted by atomic mass is 16.3. The fourth-order valence-corrected chi connectivity index (χ4v) is 2.13. The van der Waals surface area contributed by atoms with Gasteiger partial charge in [-0.05, 0) is 24.7 Å². The van der Waals surface area contributed by atoms with E-state index in [2.05, 4.69) is 39.9 Å². The van der Waals surface area contributed by atoms with Gasteiger partial charge in [-0.2, -0.15) is 0 Å². The van der Waals surface area contributed by atoms with Crippen LogP contribution in [0.5, 0.6) is 0 Å². The molecule has 0 saturated heterocycles. The van der Waals surface area contributed by atoms with Crippen molar-refractivity contribution in [1.29, 1.82) is 0 Å². The van der Waals surface area contributed by atoms with Crippen LogP contribution in [-0.2, 0) is 0 Å². The van der Waals surface area contributed by atoms with Crippen molar-refractivity contribution in [1.82, 2.24) is 5.32 Å². The van der Waals surface area contributed by atoms with Crippen LogP contribution in [-0.4, -0.2) is 23.8 Å². The number of nitrogens with one attached hydrogen (secondary N) is 1. The highest BCUT2D eigenvalue weighted by molar-refractivity contribution is 4.73. The molecule has 0 aliphatic carbocycles. The Morgan fingerprint density at radius 2 is 1.56 bits per heavy atom. The van der Waals surface area contributed by atoms with E-state index in [4.69, 9.17) is 0 Å². The zero-order valence-corrected chi connectivity index (χ0v) is 11.8. The summed E-state index contributed by atoms with van der Waals surface area (Å²) in [5.74, 6) is 0. The first-order chi connectivity index (χ1) is 7.39. The molecular weight excluding hydrogens is 198 g/mol. The van der Waals surface area contributed by atoms with Crippen molar-refractivity contribution < 1.29 is 5.11 Å². The van der Waals surface area contributed by atoms with Crippen LogP contribution in [0.3, 0.4) is 0 Å². The largest absolute Gasteiger partial charge is 0.392 e. The first kappa shape index (κ1) is 15.9. The lowest BCUT2D eigenvalue weighted by molar-refractivity contribution is 0.115. The molecule has 0 aliphatic heterocycles. The molecule has 0 bridgehead atoms. The Labute approximate surface area is 102 Å². The normalized spacial score (nSPS) is 14.4. The van der Waals surface area contributed by atoms with Crippen LogP contribution >= 0.6 is 0 Å². The van der Waals surface area contributed by atoms with Crippen LogP contribution in [0.1, 0.15) is 66.7 Å². The Balaban J connectivity index is 3.81. The van der Waals surface area contributed by atoms with Gasteiger partial charge >= 0.3 is 0 Å². The first-order valence-corrected chi connectivity index (χ1v) is 6.80. The summed E-state index contributed by atoms with van der Waals surface area (Å²) in [6, 6.07) is 0.588. The van der Waals surface area contributed by atoms with Gasteiger partial charge in [0.15, 0.2) is 0 Å². The van der Waals surface area contributed by atoms with E-state index in [0.29, 0.717) is 6.04 Å². The predicted molar refractivity (Wildman–Crippen MR) is 71.7 cm³/mol. The lowest BCUT2D eigenvalue weighted by atomic mass is 9.89. The van der Waals surface area contributed by atoms with Crippen LogP contribution in [0.25, 0.3) is 0 Å². The van der Waals surface area contributed by atoms with Gasteiger partial charge in [-0.1, -0.05) is 47.5 Å². The van der Waals surface area contributed by atoms with Gasteiger partial charge in [0.05, 0.1) is 6.10 Å². The number of hydrogen-bond acceptors (Lipinski definition) is 2. The van der Waals surface area contributed by atoms with Crippen LogP contribution in [0, 0.1) is 5.41 Å². The molecule has 0 aromatic rings. The predicted octanol–water partition coefficient (Wildman–Crippen LogP) is 3.34. The van der Waals surface area contributed by atoms with E-state index in [1.165, 1.54) is 25.7 Å². The third-order valence-corrected chi connectivity index (χ3v) is 2.76. The Kier molecular flexibility index (Phi) is 8.04. The van der Waals surface area contributed by atoms with E-state index < -0.39 is 0 Å². The molecule has 2 nitrogen and oxygen atoms in total. The van der Waals surface area contributed by atoms with Gasteiger partial charge in [-0.25, -0.2) is 0 Å². The van der Waals surface area contributed by atoms with E-state index in [9.17, 15) is 5.11 Å². The molecule has 0 fully saturated rings. The molecule has 1 atom stereocenters. The fourth-order valence-electron chi connectivity index (χ4n) is 2.13. The number of aliphatic hydroxyl groups excluding tert-OH is 1. The Bertz CT molecular complexity index is 157. The van der Waals surface area contributed by atoms with E-state index in [-0.39, 0.29) is 11.5 Å². The molecule has 0 rings (SSSR count). The molecule has 0 radical (unpaired) electrons. The minimum Gasteiger partial charge on any atom is -0.392 e. The molecule has 0 aliphatic rings. The molecule has 16 heavy (non-hydrogen) atoms. The summed E-state index contributed by atoms with van der Waals surface area (Å²) in [6.07, 6.45) is 5.52. The molecule has 0 aromatic heterocycles. The Morgan fingerprint density at radius 3 is 1.94 bits per heavy atom. The van der Waals surface area contributed by atoms with Gasteiger partial charge in [0.2, 0.25) is 0 Å².